The van der Waals surface area contributed by atoms with E-state index in [1.165, 1.54) is 0 Å². The van der Waals surface area contributed by atoms with Gasteiger partial charge in [-0.15, -0.1) is 0 Å². The fourth-order valence-electron chi connectivity index (χ4n) is 1.32. The van der Waals surface area contributed by atoms with E-state index in [0.29, 0.717) is 12.2 Å². The summed E-state index contributed by atoms with van der Waals surface area (Å²) in [4.78, 5) is 11.5. The maximum absolute atomic E-state index is 11.5. The van der Waals surface area contributed by atoms with E-state index in [4.69, 9.17) is 4.74 Å². The van der Waals surface area contributed by atoms with E-state index >= 15 is 0 Å². The molecule has 0 spiro atoms. The molecule has 0 aliphatic carbocycles. The van der Waals surface area contributed by atoms with E-state index in [0.717, 1.165) is 18.8 Å². The lowest BCUT2D eigenvalue weighted by molar-refractivity contribution is 0.252. The Bertz CT molecular complexity index is 355. The van der Waals surface area contributed by atoms with Gasteiger partial charge in [-0.1, -0.05) is 13.0 Å². The van der Waals surface area contributed by atoms with E-state index < -0.39 is 0 Å². The van der Waals surface area contributed by atoms with Gasteiger partial charge in [-0.2, -0.15) is 0 Å². The molecule has 1 rings (SSSR count). The second-order valence-corrected chi connectivity index (χ2v) is 3.47. The van der Waals surface area contributed by atoms with Crippen LogP contribution in [0.2, 0.25) is 0 Å². The number of amides is 2. The number of ether oxygens (including phenoxy) is 1. The quantitative estimate of drug-likeness (QED) is 0.656. The summed E-state index contributed by atoms with van der Waals surface area (Å²) in [7, 11) is 1.59. The minimum atomic E-state index is -0.212. The third kappa shape index (κ3) is 5.21. The first-order chi connectivity index (χ1) is 8.26. The van der Waals surface area contributed by atoms with Gasteiger partial charge in [-0.3, -0.25) is 0 Å². The van der Waals surface area contributed by atoms with Crippen molar-refractivity contribution in [1.29, 1.82) is 0 Å². The zero-order valence-electron chi connectivity index (χ0n) is 10.2. The van der Waals surface area contributed by atoms with E-state index in [-0.39, 0.29) is 6.03 Å². The number of anilines is 1. The molecule has 0 saturated carbocycles. The van der Waals surface area contributed by atoms with Crippen LogP contribution in [-0.4, -0.2) is 32.8 Å². The molecule has 0 bridgehead atoms. The first-order valence-electron chi connectivity index (χ1n) is 5.66. The summed E-state index contributed by atoms with van der Waals surface area (Å²) in [6, 6.07) is 7.02. The molecule has 94 valence electrons. The van der Waals surface area contributed by atoms with Crippen molar-refractivity contribution in [3.63, 3.8) is 0 Å². The highest BCUT2D eigenvalue weighted by molar-refractivity contribution is 5.89. The molecule has 0 radical (unpaired) electrons. The van der Waals surface area contributed by atoms with Gasteiger partial charge in [-0.05, 0) is 18.7 Å². The highest BCUT2D eigenvalue weighted by Gasteiger charge is 2.01. The summed E-state index contributed by atoms with van der Waals surface area (Å²) in [6.07, 6.45) is 0. The number of carbonyl (C=O) groups excluding carboxylic acids is 1. The third-order valence-electron chi connectivity index (χ3n) is 2.16. The Kier molecular flexibility index (Phi) is 5.88. The number of nitrogens with one attached hydrogen (secondary N) is 3. The van der Waals surface area contributed by atoms with Crippen molar-refractivity contribution in [3.05, 3.63) is 24.3 Å². The Hall–Kier alpha value is -1.75. The molecule has 0 saturated heterocycles. The van der Waals surface area contributed by atoms with Crippen LogP contribution in [0.15, 0.2) is 24.3 Å². The lowest BCUT2D eigenvalue weighted by atomic mass is 10.3. The molecule has 5 heteroatoms. The summed E-state index contributed by atoms with van der Waals surface area (Å²) in [5.41, 5.74) is 0.713. The molecular formula is C12H19N3O2. The van der Waals surface area contributed by atoms with Crippen molar-refractivity contribution in [2.45, 2.75) is 6.92 Å². The highest BCUT2D eigenvalue weighted by atomic mass is 16.5. The summed E-state index contributed by atoms with van der Waals surface area (Å²) >= 11 is 0. The molecule has 1 aromatic carbocycles. The Balaban J connectivity index is 2.34. The molecule has 1 aromatic rings. The number of methoxy groups -OCH3 is 1. The Morgan fingerprint density at radius 3 is 2.88 bits per heavy atom. The second-order valence-electron chi connectivity index (χ2n) is 3.47. The standard InChI is InChI=1S/C12H19N3O2/c1-3-13-7-8-14-12(16)15-10-5-4-6-11(9-10)17-2/h4-6,9,13H,3,7-8H2,1-2H3,(H2,14,15,16). The number of urea groups is 1. The zero-order valence-corrected chi connectivity index (χ0v) is 10.2. The van der Waals surface area contributed by atoms with Crippen LogP contribution >= 0.6 is 0 Å². The fourth-order valence-corrected chi connectivity index (χ4v) is 1.32. The van der Waals surface area contributed by atoms with Gasteiger partial charge in [-0.25, -0.2) is 4.79 Å². The maximum atomic E-state index is 11.5. The van der Waals surface area contributed by atoms with E-state index in [2.05, 4.69) is 16.0 Å². The van der Waals surface area contributed by atoms with Gasteiger partial charge >= 0.3 is 6.03 Å². The highest BCUT2D eigenvalue weighted by Crippen LogP contribution is 2.16. The molecule has 0 aliphatic heterocycles. The van der Waals surface area contributed by atoms with Crippen LogP contribution < -0.4 is 20.7 Å². The monoisotopic (exact) mass is 237 g/mol. The minimum Gasteiger partial charge on any atom is -0.497 e. The van der Waals surface area contributed by atoms with Gasteiger partial charge in [0.25, 0.3) is 0 Å². The van der Waals surface area contributed by atoms with Gasteiger partial charge in [0.15, 0.2) is 0 Å². The molecule has 0 atom stereocenters. The van der Waals surface area contributed by atoms with Crippen LogP contribution in [0, 0.1) is 0 Å². The SMILES string of the molecule is CCNCCNC(=O)Nc1cccc(OC)c1. The molecule has 0 fully saturated rings. The molecule has 5 nitrogen and oxygen atoms in total. The average Bonchev–Trinajstić information content (AvgIpc) is 2.35. The maximum Gasteiger partial charge on any atom is 0.319 e. The number of carbonyl (C=O) groups is 1. The Morgan fingerprint density at radius 1 is 1.35 bits per heavy atom. The van der Waals surface area contributed by atoms with Crippen LogP contribution in [-0.2, 0) is 0 Å². The van der Waals surface area contributed by atoms with Crippen molar-refractivity contribution in [3.8, 4) is 5.75 Å². The normalized spacial score (nSPS) is 9.76. The first-order valence-corrected chi connectivity index (χ1v) is 5.66. The van der Waals surface area contributed by atoms with Crippen molar-refractivity contribution < 1.29 is 9.53 Å². The van der Waals surface area contributed by atoms with Crippen molar-refractivity contribution in [2.24, 2.45) is 0 Å². The molecule has 2 amide bonds. The van der Waals surface area contributed by atoms with Crippen LogP contribution in [0.5, 0.6) is 5.75 Å². The first kappa shape index (κ1) is 13.3. The number of hydrogen-bond acceptors (Lipinski definition) is 3. The van der Waals surface area contributed by atoms with E-state index in [1.54, 1.807) is 13.2 Å². The van der Waals surface area contributed by atoms with Gasteiger partial charge < -0.3 is 20.7 Å². The van der Waals surface area contributed by atoms with Gasteiger partial charge in [0.2, 0.25) is 0 Å². The summed E-state index contributed by atoms with van der Waals surface area (Å²) in [5, 5.41) is 8.61. The lowest BCUT2D eigenvalue weighted by Gasteiger charge is -2.08. The molecule has 17 heavy (non-hydrogen) atoms. The summed E-state index contributed by atoms with van der Waals surface area (Å²) in [5.74, 6) is 0.718. The molecule has 0 unspecified atom stereocenters. The van der Waals surface area contributed by atoms with Crippen LogP contribution in [0.25, 0.3) is 0 Å². The number of rotatable bonds is 6. The molecule has 0 heterocycles. The smallest absolute Gasteiger partial charge is 0.319 e. The Labute approximate surface area is 102 Å². The average molecular weight is 237 g/mol. The van der Waals surface area contributed by atoms with Crippen LogP contribution in [0.1, 0.15) is 6.92 Å². The summed E-state index contributed by atoms with van der Waals surface area (Å²) in [6.45, 7) is 4.29. The predicted octanol–water partition coefficient (Wildman–Crippen LogP) is 1.43. The topological polar surface area (TPSA) is 62.4 Å². The zero-order chi connectivity index (χ0) is 12.5. The summed E-state index contributed by atoms with van der Waals surface area (Å²) < 4.78 is 5.07. The number of hydrogen-bond donors (Lipinski definition) is 3. The van der Waals surface area contributed by atoms with Crippen LogP contribution in [0.3, 0.4) is 0 Å². The largest absolute Gasteiger partial charge is 0.497 e. The third-order valence-corrected chi connectivity index (χ3v) is 2.16. The van der Waals surface area contributed by atoms with Gasteiger partial charge in [0.05, 0.1) is 7.11 Å². The number of likely N-dealkylation sites (N-methyl/N-ethyl adjacent to an activating group) is 1. The van der Waals surface area contributed by atoms with Crippen molar-refractivity contribution >= 4 is 11.7 Å². The molecule has 3 N–H and O–H groups in total. The van der Waals surface area contributed by atoms with Crippen LogP contribution in [0.4, 0.5) is 10.5 Å². The van der Waals surface area contributed by atoms with E-state index in [9.17, 15) is 4.79 Å². The van der Waals surface area contributed by atoms with E-state index in [1.807, 2.05) is 25.1 Å². The van der Waals surface area contributed by atoms with Gasteiger partial charge in [0.1, 0.15) is 5.75 Å². The minimum absolute atomic E-state index is 0.212. The second kappa shape index (κ2) is 7.51. The molecule has 0 aliphatic rings. The molecular weight excluding hydrogens is 218 g/mol. The molecule has 0 aromatic heterocycles. The van der Waals surface area contributed by atoms with Gasteiger partial charge in [0, 0.05) is 24.8 Å². The Morgan fingerprint density at radius 2 is 2.18 bits per heavy atom. The fraction of sp³-hybridized carbons (Fsp3) is 0.417. The van der Waals surface area contributed by atoms with Crippen molar-refractivity contribution in [1.82, 2.24) is 10.6 Å². The van der Waals surface area contributed by atoms with Crippen molar-refractivity contribution in [2.75, 3.05) is 32.1 Å². The number of benzene rings is 1. The lowest BCUT2D eigenvalue weighted by Crippen LogP contribution is -2.34. The predicted molar refractivity (Wildman–Crippen MR) is 68.6 cm³/mol.